The fraction of sp³-hybridized carbons (Fsp3) is 0.333. The fourth-order valence-electron chi connectivity index (χ4n) is 2.94. The van der Waals surface area contributed by atoms with Crippen molar-refractivity contribution in [1.29, 1.82) is 0 Å². The lowest BCUT2D eigenvalue weighted by Gasteiger charge is -2.24. The molecule has 1 saturated heterocycles. The van der Waals surface area contributed by atoms with Gasteiger partial charge in [-0.2, -0.15) is 0 Å². The van der Waals surface area contributed by atoms with E-state index in [0.29, 0.717) is 0 Å². The monoisotopic (exact) mass is 412 g/mol. The second-order valence-electron chi connectivity index (χ2n) is 5.34. The third kappa shape index (κ3) is 2.44. The zero-order valence-corrected chi connectivity index (χ0v) is 15.1. The number of nitrogens with one attached hydrogen (secondary N) is 2. The number of hydrogen-bond acceptors (Lipinski definition) is 2. The van der Waals surface area contributed by atoms with Gasteiger partial charge in [0, 0.05) is 33.8 Å². The second-order valence-corrected chi connectivity index (χ2v) is 6.81. The second kappa shape index (κ2) is 5.57. The number of rotatable bonds is 2. The van der Waals surface area contributed by atoms with Gasteiger partial charge in [-0.15, -0.1) is 0 Å². The van der Waals surface area contributed by atoms with Crippen LogP contribution in [0, 0.1) is 17.4 Å². The van der Waals surface area contributed by atoms with Crippen LogP contribution >= 0.6 is 34.8 Å². The van der Waals surface area contributed by atoms with Gasteiger partial charge < -0.3 is 15.2 Å². The van der Waals surface area contributed by atoms with Gasteiger partial charge in [0.05, 0.1) is 17.8 Å². The highest BCUT2D eigenvalue weighted by Gasteiger charge is 2.40. The maximum Gasteiger partial charge on any atom is 0.169 e. The first-order valence-corrected chi connectivity index (χ1v) is 8.28. The Bertz CT molecular complexity index is 682. The maximum absolute atomic E-state index is 5.46. The summed E-state index contributed by atoms with van der Waals surface area (Å²) in [6, 6.07) is 6.23. The van der Waals surface area contributed by atoms with Crippen LogP contribution in [-0.4, -0.2) is 27.0 Å². The molecule has 1 aliphatic heterocycles. The van der Waals surface area contributed by atoms with Gasteiger partial charge in [-0.25, -0.2) is 0 Å². The van der Waals surface area contributed by atoms with Crippen LogP contribution < -0.4 is 5.32 Å². The number of pyridine rings is 1. The molecule has 0 aliphatic carbocycles. The van der Waals surface area contributed by atoms with Crippen LogP contribution in [-0.2, 0) is 0 Å². The van der Waals surface area contributed by atoms with E-state index in [0.717, 1.165) is 10.8 Å². The molecule has 2 N–H and O–H groups in total. The molecule has 0 radical (unpaired) electrons. The van der Waals surface area contributed by atoms with Crippen LogP contribution in [0.15, 0.2) is 24.4 Å². The molecule has 3 rings (SSSR count). The molecule has 21 heavy (non-hydrogen) atoms. The Balaban J connectivity index is 2.11. The summed E-state index contributed by atoms with van der Waals surface area (Å²) >= 11 is 7.88. The highest BCUT2D eigenvalue weighted by molar-refractivity contribution is 14.1. The van der Waals surface area contributed by atoms with Crippen molar-refractivity contribution in [2.45, 2.75) is 25.9 Å². The van der Waals surface area contributed by atoms with Crippen LogP contribution in [0.2, 0.25) is 0 Å². The minimum atomic E-state index is 0.0751. The topological polar surface area (TPSA) is 44.0 Å². The number of aromatic nitrogens is 2. The van der Waals surface area contributed by atoms with Gasteiger partial charge in [0.25, 0.3) is 0 Å². The maximum atomic E-state index is 5.46. The van der Waals surface area contributed by atoms with E-state index in [9.17, 15) is 0 Å². The number of halogens is 1. The lowest BCUT2D eigenvalue weighted by atomic mass is 9.97. The Morgan fingerprint density at radius 1 is 1.29 bits per heavy atom. The third-order valence-corrected chi connectivity index (χ3v) is 5.78. The smallest absolute Gasteiger partial charge is 0.169 e. The van der Waals surface area contributed by atoms with E-state index in [-0.39, 0.29) is 12.1 Å². The largest absolute Gasteiger partial charge is 0.362 e. The molecular weight excluding hydrogens is 395 g/mol. The first kappa shape index (κ1) is 14.8. The Morgan fingerprint density at radius 3 is 2.62 bits per heavy atom. The van der Waals surface area contributed by atoms with Crippen LogP contribution in [0.1, 0.15) is 34.7 Å². The standard InChI is InChI=1S/C15H17IN4S/c1-8-11(12(16)9(2)18-8)14-13(19-15(21)20(14)3)10-6-4-5-7-17-10/h4-7,13-14,18H,1-3H3,(H,19,21)/t13-,14-/m0/s1. The molecular formula is C15H17IN4S. The van der Waals surface area contributed by atoms with E-state index >= 15 is 0 Å². The number of aryl methyl sites for hydroxylation is 2. The number of hydrogen-bond donors (Lipinski definition) is 2. The van der Waals surface area contributed by atoms with Crippen molar-refractivity contribution < 1.29 is 0 Å². The van der Waals surface area contributed by atoms with E-state index in [1.165, 1.54) is 20.5 Å². The Hall–Kier alpha value is -1.15. The fourth-order valence-corrected chi connectivity index (χ4v) is 4.04. The summed E-state index contributed by atoms with van der Waals surface area (Å²) in [5.41, 5.74) is 4.72. The quantitative estimate of drug-likeness (QED) is 0.588. The van der Waals surface area contributed by atoms with Crippen molar-refractivity contribution in [2.24, 2.45) is 0 Å². The molecule has 3 heterocycles. The molecule has 0 unspecified atom stereocenters. The van der Waals surface area contributed by atoms with Crippen LogP contribution in [0.4, 0.5) is 0 Å². The average molecular weight is 412 g/mol. The van der Waals surface area contributed by atoms with Crippen LogP contribution in [0.25, 0.3) is 0 Å². The Morgan fingerprint density at radius 2 is 2.05 bits per heavy atom. The Labute approximate surface area is 143 Å². The van der Waals surface area contributed by atoms with Crippen molar-refractivity contribution in [3.63, 3.8) is 0 Å². The molecule has 0 amide bonds. The van der Waals surface area contributed by atoms with Gasteiger partial charge in [0.1, 0.15) is 0 Å². The molecule has 2 aromatic heterocycles. The molecule has 2 aromatic rings. The number of aromatic amines is 1. The van der Waals surface area contributed by atoms with Gasteiger partial charge in [-0.1, -0.05) is 6.07 Å². The van der Waals surface area contributed by atoms with Crippen molar-refractivity contribution in [2.75, 3.05) is 7.05 Å². The summed E-state index contributed by atoms with van der Waals surface area (Å²) in [6.45, 7) is 4.23. The summed E-state index contributed by atoms with van der Waals surface area (Å²) in [6.07, 6.45) is 1.83. The summed E-state index contributed by atoms with van der Waals surface area (Å²) in [5.74, 6) is 0. The molecule has 110 valence electrons. The van der Waals surface area contributed by atoms with Crippen molar-refractivity contribution in [3.05, 3.63) is 50.6 Å². The molecule has 4 nitrogen and oxygen atoms in total. The van der Waals surface area contributed by atoms with Crippen LogP contribution in [0.3, 0.4) is 0 Å². The first-order valence-electron chi connectivity index (χ1n) is 6.79. The van der Waals surface area contributed by atoms with Crippen molar-refractivity contribution in [1.82, 2.24) is 20.2 Å². The van der Waals surface area contributed by atoms with Gasteiger partial charge in [0.2, 0.25) is 0 Å². The molecule has 1 aliphatic rings. The molecule has 0 saturated carbocycles. The minimum Gasteiger partial charge on any atom is -0.362 e. The minimum absolute atomic E-state index is 0.0751. The predicted octanol–water partition coefficient (Wildman–Crippen LogP) is 3.23. The van der Waals surface area contributed by atoms with E-state index in [4.69, 9.17) is 12.2 Å². The highest BCUT2D eigenvalue weighted by Crippen LogP contribution is 2.41. The average Bonchev–Trinajstić information content (AvgIpc) is 2.89. The number of nitrogens with zero attached hydrogens (tertiary/aromatic N) is 2. The van der Waals surface area contributed by atoms with Crippen molar-refractivity contribution in [3.8, 4) is 0 Å². The number of thiocarbonyl (C=S) groups is 1. The van der Waals surface area contributed by atoms with Crippen molar-refractivity contribution >= 4 is 39.9 Å². The van der Waals surface area contributed by atoms with Gasteiger partial charge >= 0.3 is 0 Å². The lowest BCUT2D eigenvalue weighted by Crippen LogP contribution is -2.25. The molecule has 2 atom stereocenters. The summed E-state index contributed by atoms with van der Waals surface area (Å²) < 4.78 is 1.27. The molecule has 6 heteroatoms. The van der Waals surface area contributed by atoms with E-state index < -0.39 is 0 Å². The predicted molar refractivity (Wildman–Crippen MR) is 96.2 cm³/mol. The first-order chi connectivity index (χ1) is 10.0. The summed E-state index contributed by atoms with van der Waals surface area (Å²) in [7, 11) is 2.04. The highest BCUT2D eigenvalue weighted by atomic mass is 127. The normalized spacial score (nSPS) is 21.7. The summed E-state index contributed by atoms with van der Waals surface area (Å²) in [4.78, 5) is 10.1. The zero-order chi connectivity index (χ0) is 15.1. The summed E-state index contributed by atoms with van der Waals surface area (Å²) in [5, 5.41) is 4.18. The molecule has 1 fully saturated rings. The van der Waals surface area contributed by atoms with E-state index in [2.05, 4.69) is 56.6 Å². The SMILES string of the molecule is Cc1[nH]c(C)c([C@H]2[C@H](c3ccccn3)NC(=S)N2C)c1I. The molecule has 0 spiro atoms. The Kier molecular flexibility index (Phi) is 3.92. The zero-order valence-electron chi connectivity index (χ0n) is 12.1. The number of H-pyrrole nitrogens is 1. The van der Waals surface area contributed by atoms with E-state index in [1.807, 2.05) is 31.4 Å². The van der Waals surface area contributed by atoms with Gasteiger partial charge in [-0.3, -0.25) is 4.98 Å². The lowest BCUT2D eigenvalue weighted by molar-refractivity contribution is 0.366. The van der Waals surface area contributed by atoms with Gasteiger partial charge in [-0.05, 0) is 60.8 Å². The molecule has 0 bridgehead atoms. The van der Waals surface area contributed by atoms with Crippen LogP contribution in [0.5, 0.6) is 0 Å². The van der Waals surface area contributed by atoms with Gasteiger partial charge in [0.15, 0.2) is 5.11 Å². The molecule has 0 aromatic carbocycles. The third-order valence-electron chi connectivity index (χ3n) is 3.98. The van der Waals surface area contributed by atoms with E-state index in [1.54, 1.807) is 0 Å². The number of likely N-dealkylation sites (N-methyl/N-ethyl adjacent to an activating group) is 1.